The van der Waals surface area contributed by atoms with Crippen molar-refractivity contribution in [3.05, 3.63) is 63.1 Å². The van der Waals surface area contributed by atoms with Gasteiger partial charge in [-0.05, 0) is 59.6 Å². The number of hydrogen-bond donors (Lipinski definition) is 0. The summed E-state index contributed by atoms with van der Waals surface area (Å²) < 4.78 is 10.9. The van der Waals surface area contributed by atoms with Crippen LogP contribution >= 0.6 is 15.9 Å². The van der Waals surface area contributed by atoms with Crippen LogP contribution in [0.1, 0.15) is 31.8 Å². The normalized spacial score (nSPS) is 10.3. The standard InChI is InChI=1S/C18H17BrO4/c1-11-4-5-12(2)14(8-11)18(21)23-10-16(20)13-6-7-17(22-3)15(19)9-13/h4-9H,10H2,1-3H3. The van der Waals surface area contributed by atoms with Gasteiger partial charge in [0, 0.05) is 5.56 Å². The molecule has 0 saturated carbocycles. The minimum atomic E-state index is -0.493. The van der Waals surface area contributed by atoms with Crippen molar-refractivity contribution in [3.8, 4) is 5.75 Å². The van der Waals surface area contributed by atoms with E-state index in [-0.39, 0.29) is 12.4 Å². The van der Waals surface area contributed by atoms with Gasteiger partial charge in [0.05, 0.1) is 17.1 Å². The third-order valence-electron chi connectivity index (χ3n) is 3.42. The van der Waals surface area contributed by atoms with Crippen molar-refractivity contribution >= 4 is 27.7 Å². The molecule has 0 aromatic heterocycles. The number of ether oxygens (including phenoxy) is 2. The number of hydrogen-bond acceptors (Lipinski definition) is 4. The Hall–Kier alpha value is -2.14. The fourth-order valence-electron chi connectivity index (χ4n) is 2.09. The molecule has 0 spiro atoms. The second kappa shape index (κ2) is 7.42. The average molecular weight is 377 g/mol. The van der Waals surface area contributed by atoms with Crippen molar-refractivity contribution in [1.82, 2.24) is 0 Å². The van der Waals surface area contributed by atoms with Crippen LogP contribution in [-0.4, -0.2) is 25.5 Å². The van der Waals surface area contributed by atoms with Gasteiger partial charge in [0.25, 0.3) is 0 Å². The van der Waals surface area contributed by atoms with Gasteiger partial charge in [-0.1, -0.05) is 17.7 Å². The van der Waals surface area contributed by atoms with Gasteiger partial charge in [-0.2, -0.15) is 0 Å². The van der Waals surface area contributed by atoms with E-state index in [9.17, 15) is 9.59 Å². The molecular weight excluding hydrogens is 360 g/mol. The predicted molar refractivity (Wildman–Crippen MR) is 91.2 cm³/mol. The molecule has 4 nitrogen and oxygen atoms in total. The molecule has 2 aromatic carbocycles. The minimum Gasteiger partial charge on any atom is -0.496 e. The molecule has 0 aliphatic rings. The number of rotatable bonds is 5. The summed E-state index contributed by atoms with van der Waals surface area (Å²) in [4.78, 5) is 24.3. The Labute approximate surface area is 143 Å². The lowest BCUT2D eigenvalue weighted by Crippen LogP contribution is -2.15. The molecule has 120 valence electrons. The Balaban J connectivity index is 2.05. The van der Waals surface area contributed by atoms with Crippen LogP contribution in [0, 0.1) is 13.8 Å². The van der Waals surface area contributed by atoms with Crippen molar-refractivity contribution in [2.45, 2.75) is 13.8 Å². The lowest BCUT2D eigenvalue weighted by Gasteiger charge is -2.09. The van der Waals surface area contributed by atoms with E-state index in [0.717, 1.165) is 11.1 Å². The van der Waals surface area contributed by atoms with Gasteiger partial charge < -0.3 is 9.47 Å². The smallest absolute Gasteiger partial charge is 0.338 e. The van der Waals surface area contributed by atoms with Gasteiger partial charge in [-0.25, -0.2) is 4.79 Å². The first kappa shape index (κ1) is 17.2. The van der Waals surface area contributed by atoms with E-state index in [1.807, 2.05) is 26.0 Å². The third kappa shape index (κ3) is 4.20. The van der Waals surface area contributed by atoms with Crippen molar-refractivity contribution in [1.29, 1.82) is 0 Å². The molecule has 0 atom stereocenters. The molecule has 2 rings (SSSR count). The van der Waals surface area contributed by atoms with E-state index >= 15 is 0 Å². The van der Waals surface area contributed by atoms with Gasteiger partial charge in [0.15, 0.2) is 12.4 Å². The Kier molecular flexibility index (Phi) is 5.55. The molecular formula is C18H17BrO4. The SMILES string of the molecule is COc1ccc(C(=O)COC(=O)c2cc(C)ccc2C)cc1Br. The maximum Gasteiger partial charge on any atom is 0.338 e. The van der Waals surface area contributed by atoms with Crippen LogP contribution in [0.15, 0.2) is 40.9 Å². The quantitative estimate of drug-likeness (QED) is 0.581. The molecule has 5 heteroatoms. The summed E-state index contributed by atoms with van der Waals surface area (Å²) in [6.45, 7) is 3.43. The molecule has 0 aliphatic carbocycles. The van der Waals surface area contributed by atoms with Crippen molar-refractivity contribution in [3.63, 3.8) is 0 Å². The van der Waals surface area contributed by atoms with Crippen LogP contribution in [0.2, 0.25) is 0 Å². The monoisotopic (exact) mass is 376 g/mol. The van der Waals surface area contributed by atoms with Crippen molar-refractivity contribution < 1.29 is 19.1 Å². The number of ketones is 1. The molecule has 23 heavy (non-hydrogen) atoms. The lowest BCUT2D eigenvalue weighted by molar-refractivity contribution is 0.0474. The molecule has 0 unspecified atom stereocenters. The van der Waals surface area contributed by atoms with E-state index in [0.29, 0.717) is 21.3 Å². The molecule has 0 amide bonds. The first-order valence-electron chi connectivity index (χ1n) is 7.03. The zero-order valence-electron chi connectivity index (χ0n) is 13.2. The highest BCUT2D eigenvalue weighted by molar-refractivity contribution is 9.10. The van der Waals surface area contributed by atoms with E-state index in [2.05, 4.69) is 15.9 Å². The molecule has 0 fully saturated rings. The average Bonchev–Trinajstić information content (AvgIpc) is 2.54. The molecule has 0 saturated heterocycles. The number of aryl methyl sites for hydroxylation is 2. The molecule has 2 aromatic rings. The van der Waals surface area contributed by atoms with Gasteiger partial charge in [-0.15, -0.1) is 0 Å². The summed E-state index contributed by atoms with van der Waals surface area (Å²) >= 11 is 3.32. The van der Waals surface area contributed by atoms with E-state index < -0.39 is 5.97 Å². The van der Waals surface area contributed by atoms with Crippen LogP contribution < -0.4 is 4.74 Å². The van der Waals surface area contributed by atoms with Crippen LogP contribution in [-0.2, 0) is 4.74 Å². The maximum absolute atomic E-state index is 12.1. The summed E-state index contributed by atoms with van der Waals surface area (Å²) in [5.74, 6) is -0.131. The van der Waals surface area contributed by atoms with Crippen molar-refractivity contribution in [2.24, 2.45) is 0 Å². The molecule has 0 aliphatic heterocycles. The predicted octanol–water partition coefficient (Wildman–Crippen LogP) is 4.11. The van der Waals surface area contributed by atoms with E-state index in [1.165, 1.54) is 0 Å². The summed E-state index contributed by atoms with van der Waals surface area (Å²) in [5, 5.41) is 0. The van der Waals surface area contributed by atoms with Crippen LogP contribution in [0.3, 0.4) is 0 Å². The highest BCUT2D eigenvalue weighted by Crippen LogP contribution is 2.25. The Morgan fingerprint density at radius 1 is 1.09 bits per heavy atom. The first-order valence-corrected chi connectivity index (χ1v) is 7.83. The zero-order chi connectivity index (χ0) is 17.0. The van der Waals surface area contributed by atoms with Gasteiger partial charge in [0.1, 0.15) is 5.75 Å². The zero-order valence-corrected chi connectivity index (χ0v) is 14.8. The maximum atomic E-state index is 12.1. The van der Waals surface area contributed by atoms with Crippen LogP contribution in [0.25, 0.3) is 0 Å². The summed E-state index contributed by atoms with van der Waals surface area (Å²) in [6.07, 6.45) is 0. The Morgan fingerprint density at radius 2 is 1.83 bits per heavy atom. The van der Waals surface area contributed by atoms with Gasteiger partial charge in [0.2, 0.25) is 0 Å². The van der Waals surface area contributed by atoms with Gasteiger partial charge in [-0.3, -0.25) is 4.79 Å². The molecule has 0 heterocycles. The number of methoxy groups -OCH3 is 1. The van der Waals surface area contributed by atoms with E-state index in [4.69, 9.17) is 9.47 Å². The van der Waals surface area contributed by atoms with Crippen molar-refractivity contribution in [2.75, 3.05) is 13.7 Å². The number of esters is 1. The Morgan fingerprint density at radius 3 is 2.48 bits per heavy atom. The third-order valence-corrected chi connectivity index (χ3v) is 4.04. The summed E-state index contributed by atoms with van der Waals surface area (Å²) in [7, 11) is 1.55. The number of Topliss-reactive ketones (excluding diaryl/α,β-unsaturated/α-hetero) is 1. The molecule has 0 radical (unpaired) electrons. The fourth-order valence-corrected chi connectivity index (χ4v) is 2.63. The number of halogens is 1. The first-order chi connectivity index (χ1) is 10.9. The van der Waals surface area contributed by atoms with Crippen LogP contribution in [0.5, 0.6) is 5.75 Å². The second-order valence-corrected chi connectivity index (χ2v) is 6.02. The summed E-state index contributed by atoms with van der Waals surface area (Å²) in [6, 6.07) is 10.5. The van der Waals surface area contributed by atoms with Gasteiger partial charge >= 0.3 is 5.97 Å². The largest absolute Gasteiger partial charge is 0.496 e. The fraction of sp³-hybridized carbons (Fsp3) is 0.222. The number of benzene rings is 2. The topological polar surface area (TPSA) is 52.6 Å². The number of carbonyl (C=O) groups is 2. The molecule has 0 N–H and O–H groups in total. The molecule has 0 bridgehead atoms. The number of carbonyl (C=O) groups excluding carboxylic acids is 2. The highest BCUT2D eigenvalue weighted by atomic mass is 79.9. The minimum absolute atomic E-state index is 0.271. The Bertz CT molecular complexity index is 753. The van der Waals surface area contributed by atoms with E-state index in [1.54, 1.807) is 31.4 Å². The summed E-state index contributed by atoms with van der Waals surface area (Å²) in [5.41, 5.74) is 2.72. The van der Waals surface area contributed by atoms with Crippen LogP contribution in [0.4, 0.5) is 0 Å². The highest BCUT2D eigenvalue weighted by Gasteiger charge is 2.15. The lowest BCUT2D eigenvalue weighted by atomic mass is 10.1. The second-order valence-electron chi connectivity index (χ2n) is 5.17.